The van der Waals surface area contributed by atoms with E-state index in [0.29, 0.717) is 12.5 Å². The fourth-order valence-corrected chi connectivity index (χ4v) is 2.06. The first-order chi connectivity index (χ1) is 8.97. The Bertz CT molecular complexity index is 470. The van der Waals surface area contributed by atoms with Crippen LogP contribution in [0, 0.1) is 5.92 Å². The molecule has 2 N–H and O–H groups in total. The number of rotatable bonds is 3. The van der Waals surface area contributed by atoms with Gasteiger partial charge in [0.1, 0.15) is 5.82 Å². The van der Waals surface area contributed by atoms with E-state index in [0.717, 1.165) is 25.1 Å². The Morgan fingerprint density at radius 1 is 1.47 bits per heavy atom. The molecule has 0 spiro atoms. The van der Waals surface area contributed by atoms with Crippen LogP contribution in [-0.2, 0) is 5.41 Å². The molecule has 0 fully saturated rings. The van der Waals surface area contributed by atoms with Gasteiger partial charge < -0.3 is 5.32 Å². The second kappa shape index (κ2) is 5.55. The highest BCUT2D eigenvalue weighted by Crippen LogP contribution is 2.18. The van der Waals surface area contributed by atoms with Crippen molar-refractivity contribution >= 4 is 5.91 Å². The van der Waals surface area contributed by atoms with Crippen molar-refractivity contribution in [3.8, 4) is 0 Å². The molecule has 5 nitrogen and oxygen atoms in total. The monoisotopic (exact) mass is 262 g/mol. The molecule has 1 heterocycles. The number of allylic oxidation sites excluding steroid dienone is 2. The van der Waals surface area contributed by atoms with Gasteiger partial charge in [-0.2, -0.15) is 0 Å². The minimum absolute atomic E-state index is 0.125. The van der Waals surface area contributed by atoms with Crippen LogP contribution in [0.25, 0.3) is 0 Å². The van der Waals surface area contributed by atoms with E-state index in [4.69, 9.17) is 0 Å². The van der Waals surface area contributed by atoms with Crippen LogP contribution < -0.4 is 5.32 Å². The van der Waals surface area contributed by atoms with Gasteiger partial charge in [-0.1, -0.05) is 32.9 Å². The number of aromatic amines is 1. The molecule has 0 aliphatic heterocycles. The first kappa shape index (κ1) is 13.8. The van der Waals surface area contributed by atoms with E-state index in [1.807, 2.05) is 20.8 Å². The maximum absolute atomic E-state index is 12.0. The van der Waals surface area contributed by atoms with E-state index in [1.165, 1.54) is 0 Å². The van der Waals surface area contributed by atoms with Crippen LogP contribution in [0.5, 0.6) is 0 Å². The molecule has 0 aromatic carbocycles. The number of aromatic nitrogens is 3. The Kier molecular flexibility index (Phi) is 4.02. The zero-order valence-electron chi connectivity index (χ0n) is 11.9. The Balaban J connectivity index is 1.89. The summed E-state index contributed by atoms with van der Waals surface area (Å²) < 4.78 is 0. The van der Waals surface area contributed by atoms with Gasteiger partial charge in [0.2, 0.25) is 5.82 Å². The molecule has 0 bridgehead atoms. The fraction of sp³-hybridized carbons (Fsp3) is 0.643. The summed E-state index contributed by atoms with van der Waals surface area (Å²) in [6.45, 7) is 6.79. The summed E-state index contributed by atoms with van der Waals surface area (Å²) in [5.41, 5.74) is -0.125. The Morgan fingerprint density at radius 2 is 2.26 bits per heavy atom. The molecule has 1 unspecified atom stereocenters. The van der Waals surface area contributed by atoms with Crippen LogP contribution in [0.4, 0.5) is 0 Å². The van der Waals surface area contributed by atoms with Crippen molar-refractivity contribution in [3.63, 3.8) is 0 Å². The van der Waals surface area contributed by atoms with E-state index in [-0.39, 0.29) is 17.1 Å². The number of H-pyrrole nitrogens is 1. The molecule has 1 amide bonds. The Morgan fingerprint density at radius 3 is 2.84 bits per heavy atom. The molecule has 0 radical (unpaired) electrons. The minimum atomic E-state index is -0.193. The summed E-state index contributed by atoms with van der Waals surface area (Å²) in [5, 5.41) is 9.73. The third kappa shape index (κ3) is 3.66. The van der Waals surface area contributed by atoms with E-state index >= 15 is 0 Å². The lowest BCUT2D eigenvalue weighted by atomic mass is 9.94. The SMILES string of the molecule is CC(C)(C)c1nc(C(=O)NCC2CC=CCC2)n[nH]1. The normalized spacial score (nSPS) is 19.4. The molecule has 1 atom stereocenters. The van der Waals surface area contributed by atoms with E-state index < -0.39 is 0 Å². The molecule has 0 saturated heterocycles. The average Bonchev–Trinajstić information content (AvgIpc) is 2.87. The molecular formula is C14H22N4O. The predicted molar refractivity (Wildman–Crippen MR) is 73.9 cm³/mol. The van der Waals surface area contributed by atoms with Gasteiger partial charge in [-0.3, -0.25) is 9.89 Å². The van der Waals surface area contributed by atoms with Crippen LogP contribution in [-0.4, -0.2) is 27.6 Å². The van der Waals surface area contributed by atoms with Crippen molar-refractivity contribution in [3.05, 3.63) is 23.8 Å². The van der Waals surface area contributed by atoms with Crippen LogP contribution >= 0.6 is 0 Å². The summed E-state index contributed by atoms with van der Waals surface area (Å²) in [7, 11) is 0. The van der Waals surface area contributed by atoms with Gasteiger partial charge in [-0.05, 0) is 25.2 Å². The number of hydrogen-bond donors (Lipinski definition) is 2. The molecule has 104 valence electrons. The Labute approximate surface area is 113 Å². The molecule has 1 aliphatic rings. The van der Waals surface area contributed by atoms with Crippen LogP contribution in [0.3, 0.4) is 0 Å². The largest absolute Gasteiger partial charge is 0.349 e. The molecule has 1 aliphatic carbocycles. The summed E-state index contributed by atoms with van der Waals surface area (Å²) in [4.78, 5) is 16.2. The number of amides is 1. The topological polar surface area (TPSA) is 70.7 Å². The van der Waals surface area contributed by atoms with Crippen molar-refractivity contribution in [1.82, 2.24) is 20.5 Å². The van der Waals surface area contributed by atoms with Crippen molar-refractivity contribution in [2.75, 3.05) is 6.54 Å². The van der Waals surface area contributed by atoms with Gasteiger partial charge in [0, 0.05) is 12.0 Å². The van der Waals surface area contributed by atoms with Crippen molar-refractivity contribution in [2.24, 2.45) is 5.92 Å². The van der Waals surface area contributed by atoms with Gasteiger partial charge in [0.05, 0.1) is 0 Å². The molecule has 19 heavy (non-hydrogen) atoms. The standard InChI is InChI=1S/C14H22N4O/c1-14(2,3)13-16-11(17-18-13)12(19)15-9-10-7-5-4-6-8-10/h4-5,10H,6-9H2,1-3H3,(H,15,19)(H,16,17,18). The van der Waals surface area contributed by atoms with Crippen LogP contribution in [0.1, 0.15) is 56.5 Å². The summed E-state index contributed by atoms with van der Waals surface area (Å²) in [6.07, 6.45) is 7.67. The van der Waals surface area contributed by atoms with Gasteiger partial charge in [-0.25, -0.2) is 4.98 Å². The number of carbonyl (C=O) groups is 1. The second-order valence-corrected chi connectivity index (χ2v) is 6.12. The summed E-state index contributed by atoms with van der Waals surface area (Å²) in [6, 6.07) is 0. The molecular weight excluding hydrogens is 240 g/mol. The van der Waals surface area contributed by atoms with Crippen LogP contribution in [0.2, 0.25) is 0 Å². The molecule has 0 saturated carbocycles. The molecule has 1 aromatic heterocycles. The smallest absolute Gasteiger partial charge is 0.290 e. The first-order valence-electron chi connectivity index (χ1n) is 6.83. The molecule has 5 heteroatoms. The van der Waals surface area contributed by atoms with Crippen LogP contribution in [0.15, 0.2) is 12.2 Å². The average molecular weight is 262 g/mol. The van der Waals surface area contributed by atoms with Crippen molar-refractivity contribution in [2.45, 2.75) is 45.4 Å². The first-order valence-corrected chi connectivity index (χ1v) is 6.83. The second-order valence-electron chi connectivity index (χ2n) is 6.12. The zero-order chi connectivity index (χ0) is 13.9. The van der Waals surface area contributed by atoms with Gasteiger partial charge >= 0.3 is 0 Å². The van der Waals surface area contributed by atoms with E-state index in [2.05, 4.69) is 32.7 Å². The minimum Gasteiger partial charge on any atom is -0.349 e. The third-order valence-electron chi connectivity index (χ3n) is 3.33. The van der Waals surface area contributed by atoms with E-state index in [1.54, 1.807) is 0 Å². The maximum Gasteiger partial charge on any atom is 0.290 e. The lowest BCUT2D eigenvalue weighted by Crippen LogP contribution is -2.30. The predicted octanol–water partition coefficient (Wildman–Crippen LogP) is 2.19. The maximum atomic E-state index is 12.0. The highest BCUT2D eigenvalue weighted by atomic mass is 16.2. The van der Waals surface area contributed by atoms with E-state index in [9.17, 15) is 4.79 Å². The lowest BCUT2D eigenvalue weighted by Gasteiger charge is -2.17. The third-order valence-corrected chi connectivity index (χ3v) is 3.33. The molecule has 1 aromatic rings. The highest BCUT2D eigenvalue weighted by Gasteiger charge is 2.21. The highest BCUT2D eigenvalue weighted by molar-refractivity contribution is 5.90. The van der Waals surface area contributed by atoms with Crippen molar-refractivity contribution in [1.29, 1.82) is 0 Å². The lowest BCUT2D eigenvalue weighted by molar-refractivity contribution is 0.0936. The van der Waals surface area contributed by atoms with Gasteiger partial charge in [0.25, 0.3) is 5.91 Å². The summed E-state index contributed by atoms with van der Waals surface area (Å²) >= 11 is 0. The Hall–Kier alpha value is -1.65. The number of nitrogens with one attached hydrogen (secondary N) is 2. The van der Waals surface area contributed by atoms with Gasteiger partial charge in [0.15, 0.2) is 0 Å². The van der Waals surface area contributed by atoms with Crippen molar-refractivity contribution < 1.29 is 4.79 Å². The number of nitrogens with zero attached hydrogens (tertiary/aromatic N) is 2. The number of hydrogen-bond acceptors (Lipinski definition) is 3. The molecule has 2 rings (SSSR count). The quantitative estimate of drug-likeness (QED) is 0.820. The fourth-order valence-electron chi connectivity index (χ4n) is 2.06. The number of carbonyl (C=O) groups excluding carboxylic acids is 1. The summed E-state index contributed by atoms with van der Waals surface area (Å²) in [5.74, 6) is 1.31. The zero-order valence-corrected chi connectivity index (χ0v) is 11.9. The van der Waals surface area contributed by atoms with Gasteiger partial charge in [-0.15, -0.1) is 5.10 Å².